The van der Waals surface area contributed by atoms with Gasteiger partial charge >= 0.3 is 0 Å². The first kappa shape index (κ1) is 22.9. The van der Waals surface area contributed by atoms with Crippen LogP contribution in [-0.4, -0.2) is 35.9 Å². The molecule has 2 aromatic carbocycles. The zero-order chi connectivity index (χ0) is 22.4. The number of nitrogens with zero attached hydrogens (tertiary/aromatic N) is 1. The standard InChI is InChI=1S/C26H34N2O3/c1-18-12-13-21(14-19(18)2)16-25(29)28(17-22-8-7-11-24(15-22)31-4)20(3)26(30)27-23-9-5-6-10-23/h7-8,11-15,20,23H,5-6,9-10,16-17H2,1-4H3,(H,27,30). The maximum absolute atomic E-state index is 13.4. The molecule has 2 aromatic rings. The van der Waals surface area contributed by atoms with Crippen LogP contribution in [0.2, 0.25) is 0 Å². The SMILES string of the molecule is COc1cccc(CN(C(=O)Cc2ccc(C)c(C)c2)C(C)C(=O)NC2CCCC2)c1. The molecule has 1 aliphatic carbocycles. The van der Waals surface area contributed by atoms with Gasteiger partial charge in [-0.05, 0) is 68.0 Å². The van der Waals surface area contributed by atoms with Gasteiger partial charge in [0, 0.05) is 12.6 Å². The second-order valence-corrected chi connectivity index (χ2v) is 8.63. The van der Waals surface area contributed by atoms with Crippen molar-refractivity contribution in [1.82, 2.24) is 10.2 Å². The van der Waals surface area contributed by atoms with Gasteiger partial charge in [0.2, 0.25) is 11.8 Å². The summed E-state index contributed by atoms with van der Waals surface area (Å²) in [5.74, 6) is 0.602. The predicted octanol–water partition coefficient (Wildman–Crippen LogP) is 4.33. The molecule has 0 heterocycles. The van der Waals surface area contributed by atoms with E-state index in [0.717, 1.165) is 48.1 Å². The first-order valence-electron chi connectivity index (χ1n) is 11.2. The van der Waals surface area contributed by atoms with Gasteiger partial charge in [0.15, 0.2) is 0 Å². The lowest BCUT2D eigenvalue weighted by molar-refractivity contribution is -0.140. The van der Waals surface area contributed by atoms with Gasteiger partial charge in [-0.2, -0.15) is 0 Å². The average molecular weight is 423 g/mol. The van der Waals surface area contributed by atoms with Gasteiger partial charge in [0.25, 0.3) is 0 Å². The molecule has 0 saturated heterocycles. The highest BCUT2D eigenvalue weighted by molar-refractivity contribution is 5.88. The first-order chi connectivity index (χ1) is 14.9. The zero-order valence-electron chi connectivity index (χ0n) is 19.1. The van der Waals surface area contributed by atoms with E-state index in [2.05, 4.69) is 25.2 Å². The van der Waals surface area contributed by atoms with Crippen molar-refractivity contribution in [2.45, 2.75) is 71.5 Å². The summed E-state index contributed by atoms with van der Waals surface area (Å²) >= 11 is 0. The number of hydrogen-bond donors (Lipinski definition) is 1. The molecule has 1 saturated carbocycles. The minimum atomic E-state index is -0.550. The Bertz CT molecular complexity index is 919. The molecule has 0 bridgehead atoms. The predicted molar refractivity (Wildman–Crippen MR) is 123 cm³/mol. The fourth-order valence-electron chi connectivity index (χ4n) is 4.13. The maximum atomic E-state index is 13.4. The van der Waals surface area contributed by atoms with Gasteiger partial charge in [-0.1, -0.05) is 43.2 Å². The van der Waals surface area contributed by atoms with Gasteiger partial charge in [-0.15, -0.1) is 0 Å². The van der Waals surface area contributed by atoms with Crippen molar-refractivity contribution in [1.29, 1.82) is 0 Å². The van der Waals surface area contributed by atoms with Crippen molar-refractivity contribution in [2.75, 3.05) is 7.11 Å². The average Bonchev–Trinajstić information content (AvgIpc) is 3.27. The molecule has 0 aromatic heterocycles. The lowest BCUT2D eigenvalue weighted by Gasteiger charge is -2.30. The van der Waals surface area contributed by atoms with Crippen LogP contribution >= 0.6 is 0 Å². The van der Waals surface area contributed by atoms with E-state index in [1.807, 2.05) is 43.3 Å². The molecule has 166 valence electrons. The number of carbonyl (C=O) groups excluding carboxylic acids is 2. The van der Waals surface area contributed by atoms with Crippen LogP contribution in [0.25, 0.3) is 0 Å². The molecule has 1 N–H and O–H groups in total. The van der Waals surface area contributed by atoms with E-state index in [-0.39, 0.29) is 24.3 Å². The Balaban J connectivity index is 1.79. The van der Waals surface area contributed by atoms with Crippen LogP contribution in [0.4, 0.5) is 0 Å². The Labute approximate surface area is 185 Å². The Hall–Kier alpha value is -2.82. The largest absolute Gasteiger partial charge is 0.497 e. The minimum absolute atomic E-state index is 0.0554. The van der Waals surface area contributed by atoms with Crippen LogP contribution in [0.3, 0.4) is 0 Å². The Morgan fingerprint density at radius 3 is 2.48 bits per heavy atom. The molecule has 3 rings (SSSR count). The molecule has 0 aliphatic heterocycles. The highest BCUT2D eigenvalue weighted by atomic mass is 16.5. The summed E-state index contributed by atoms with van der Waals surface area (Å²) < 4.78 is 5.33. The van der Waals surface area contributed by atoms with Crippen LogP contribution in [0.15, 0.2) is 42.5 Å². The summed E-state index contributed by atoms with van der Waals surface area (Å²) in [4.78, 5) is 28.0. The van der Waals surface area contributed by atoms with E-state index in [4.69, 9.17) is 4.74 Å². The summed E-state index contributed by atoms with van der Waals surface area (Å²) in [7, 11) is 1.62. The molecular formula is C26H34N2O3. The summed E-state index contributed by atoms with van der Waals surface area (Å²) in [6, 6.07) is 13.4. The summed E-state index contributed by atoms with van der Waals surface area (Å²) in [6.45, 7) is 6.29. The summed E-state index contributed by atoms with van der Waals surface area (Å²) in [6.07, 6.45) is 4.61. The molecular weight excluding hydrogens is 388 g/mol. The second kappa shape index (κ2) is 10.5. The maximum Gasteiger partial charge on any atom is 0.242 e. The number of rotatable bonds is 8. The van der Waals surface area contributed by atoms with Crippen LogP contribution in [0, 0.1) is 13.8 Å². The molecule has 5 heteroatoms. The molecule has 1 fully saturated rings. The number of aryl methyl sites for hydroxylation is 2. The highest BCUT2D eigenvalue weighted by Gasteiger charge is 2.28. The number of ether oxygens (including phenoxy) is 1. The van der Waals surface area contributed by atoms with Crippen LogP contribution in [-0.2, 0) is 22.6 Å². The third-order valence-electron chi connectivity index (χ3n) is 6.28. The van der Waals surface area contributed by atoms with Gasteiger partial charge < -0.3 is 15.0 Å². The molecule has 0 radical (unpaired) electrons. The van der Waals surface area contributed by atoms with Crippen molar-refractivity contribution in [3.63, 3.8) is 0 Å². The third-order valence-corrected chi connectivity index (χ3v) is 6.28. The monoisotopic (exact) mass is 422 g/mol. The second-order valence-electron chi connectivity index (χ2n) is 8.63. The molecule has 1 atom stereocenters. The smallest absolute Gasteiger partial charge is 0.242 e. The van der Waals surface area contributed by atoms with Crippen molar-refractivity contribution in [2.24, 2.45) is 0 Å². The molecule has 31 heavy (non-hydrogen) atoms. The van der Waals surface area contributed by atoms with Crippen molar-refractivity contribution in [3.05, 3.63) is 64.7 Å². The molecule has 0 spiro atoms. The number of amides is 2. The van der Waals surface area contributed by atoms with Crippen molar-refractivity contribution in [3.8, 4) is 5.75 Å². The number of methoxy groups -OCH3 is 1. The van der Waals surface area contributed by atoms with Crippen molar-refractivity contribution < 1.29 is 14.3 Å². The minimum Gasteiger partial charge on any atom is -0.497 e. The van der Waals surface area contributed by atoms with E-state index in [1.165, 1.54) is 5.56 Å². The number of benzene rings is 2. The van der Waals surface area contributed by atoms with E-state index < -0.39 is 6.04 Å². The molecule has 5 nitrogen and oxygen atoms in total. The van der Waals surface area contributed by atoms with Gasteiger partial charge in [-0.3, -0.25) is 9.59 Å². The van der Waals surface area contributed by atoms with Crippen LogP contribution in [0.5, 0.6) is 5.75 Å². The van der Waals surface area contributed by atoms with Crippen LogP contribution < -0.4 is 10.1 Å². The van der Waals surface area contributed by atoms with Gasteiger partial charge in [-0.25, -0.2) is 0 Å². The number of carbonyl (C=O) groups is 2. The highest BCUT2D eigenvalue weighted by Crippen LogP contribution is 2.20. The first-order valence-corrected chi connectivity index (χ1v) is 11.2. The van der Waals surface area contributed by atoms with E-state index in [1.54, 1.807) is 12.0 Å². The van der Waals surface area contributed by atoms with Gasteiger partial charge in [0.05, 0.1) is 13.5 Å². The fraction of sp³-hybridized carbons (Fsp3) is 0.462. The lowest BCUT2D eigenvalue weighted by atomic mass is 10.0. The van der Waals surface area contributed by atoms with E-state index >= 15 is 0 Å². The Morgan fingerprint density at radius 1 is 1.06 bits per heavy atom. The molecule has 2 amide bonds. The normalized spacial score (nSPS) is 14.8. The molecule has 1 aliphatic rings. The van der Waals surface area contributed by atoms with E-state index in [9.17, 15) is 9.59 Å². The summed E-state index contributed by atoms with van der Waals surface area (Å²) in [5, 5.41) is 3.15. The summed E-state index contributed by atoms with van der Waals surface area (Å²) in [5.41, 5.74) is 4.27. The molecule has 1 unspecified atom stereocenters. The van der Waals surface area contributed by atoms with Crippen molar-refractivity contribution >= 4 is 11.8 Å². The number of nitrogens with one attached hydrogen (secondary N) is 1. The fourth-order valence-corrected chi connectivity index (χ4v) is 4.13. The van der Waals surface area contributed by atoms with Crippen LogP contribution in [0.1, 0.15) is 54.9 Å². The van der Waals surface area contributed by atoms with E-state index in [0.29, 0.717) is 6.54 Å². The lowest BCUT2D eigenvalue weighted by Crippen LogP contribution is -2.50. The Kier molecular flexibility index (Phi) is 7.72. The van der Waals surface area contributed by atoms with Gasteiger partial charge in [0.1, 0.15) is 11.8 Å². The zero-order valence-corrected chi connectivity index (χ0v) is 19.1. The number of hydrogen-bond acceptors (Lipinski definition) is 3. The quantitative estimate of drug-likeness (QED) is 0.689. The topological polar surface area (TPSA) is 58.6 Å². The Morgan fingerprint density at radius 2 is 1.81 bits per heavy atom. The third kappa shape index (κ3) is 6.09.